The Morgan fingerprint density at radius 2 is 1.97 bits per heavy atom. The van der Waals surface area contributed by atoms with E-state index in [4.69, 9.17) is 0 Å². The molecular weight excluding hydrogens is 394 g/mol. The molecule has 1 aromatic carbocycles. The van der Waals surface area contributed by atoms with E-state index in [1.165, 1.54) is 18.3 Å². The van der Waals surface area contributed by atoms with Crippen LogP contribution >= 0.6 is 11.3 Å². The van der Waals surface area contributed by atoms with Crippen LogP contribution in [-0.2, 0) is 25.6 Å². The van der Waals surface area contributed by atoms with Gasteiger partial charge in [0.25, 0.3) is 0 Å². The number of amides is 4. The maximum atomic E-state index is 12.3. The Morgan fingerprint density at radius 1 is 1.21 bits per heavy atom. The Morgan fingerprint density at radius 3 is 2.69 bits per heavy atom. The molecule has 1 aliphatic rings. The van der Waals surface area contributed by atoms with E-state index >= 15 is 0 Å². The fourth-order valence-corrected chi connectivity index (χ4v) is 3.62. The number of carbonyl (C=O) groups excluding carboxylic acids is 4. The Bertz CT molecular complexity index is 942. The summed E-state index contributed by atoms with van der Waals surface area (Å²) in [6, 6.07) is 6.81. The first-order valence-electron chi connectivity index (χ1n) is 9.11. The van der Waals surface area contributed by atoms with Crippen molar-refractivity contribution in [1.82, 2.24) is 10.3 Å². The summed E-state index contributed by atoms with van der Waals surface area (Å²) >= 11 is 1.20. The number of rotatable bonds is 6. The zero-order chi connectivity index (χ0) is 20.8. The summed E-state index contributed by atoms with van der Waals surface area (Å²) in [6.07, 6.45) is 1.30. The van der Waals surface area contributed by atoms with Crippen molar-refractivity contribution in [3.05, 3.63) is 35.3 Å². The van der Waals surface area contributed by atoms with Gasteiger partial charge in [-0.2, -0.15) is 0 Å². The molecule has 1 unspecified atom stereocenters. The van der Waals surface area contributed by atoms with Gasteiger partial charge in [-0.25, -0.2) is 4.98 Å². The molecule has 0 radical (unpaired) electrons. The monoisotopic (exact) mass is 415 g/mol. The molecule has 3 rings (SSSR count). The number of hydrogen-bond donors (Lipinski definition) is 4. The van der Waals surface area contributed by atoms with Crippen molar-refractivity contribution >= 4 is 51.5 Å². The molecule has 4 N–H and O–H groups in total. The number of hydrogen-bond acceptors (Lipinski definition) is 6. The Labute approximate surface area is 171 Å². The fraction of sp³-hybridized carbons (Fsp3) is 0.316. The SMILES string of the molecule is CC(=O)Nc1cccc(NC(=O)Cc2csc(NC(=O)C3CCCNC3=O)n2)c1. The molecule has 1 aromatic heterocycles. The van der Waals surface area contributed by atoms with Gasteiger partial charge in [0.2, 0.25) is 23.6 Å². The smallest absolute Gasteiger partial charge is 0.238 e. The molecule has 29 heavy (non-hydrogen) atoms. The Balaban J connectivity index is 1.54. The standard InChI is InChI=1S/C19H21N5O4S/c1-11(25)21-12-4-2-5-13(8-12)22-16(26)9-14-10-29-19(23-14)24-18(28)15-6-3-7-20-17(15)27/h2,4-5,8,10,15H,3,6-7,9H2,1H3,(H,20,27)(H,21,25)(H,22,26)(H,23,24,28). The molecule has 152 valence electrons. The third-order valence-electron chi connectivity index (χ3n) is 4.19. The van der Waals surface area contributed by atoms with Crippen LogP contribution in [0.3, 0.4) is 0 Å². The lowest BCUT2D eigenvalue weighted by atomic mass is 9.98. The van der Waals surface area contributed by atoms with E-state index in [-0.39, 0.29) is 30.0 Å². The fourth-order valence-electron chi connectivity index (χ4n) is 2.91. The van der Waals surface area contributed by atoms with Crippen molar-refractivity contribution in [2.24, 2.45) is 5.92 Å². The lowest BCUT2D eigenvalue weighted by Gasteiger charge is -2.20. The number of anilines is 3. The Kier molecular flexibility index (Phi) is 6.55. The molecule has 1 atom stereocenters. The third-order valence-corrected chi connectivity index (χ3v) is 5.00. The Hall–Kier alpha value is -3.27. The van der Waals surface area contributed by atoms with Crippen LogP contribution < -0.4 is 21.3 Å². The van der Waals surface area contributed by atoms with Crippen molar-refractivity contribution in [2.75, 3.05) is 22.5 Å². The van der Waals surface area contributed by atoms with Gasteiger partial charge in [0, 0.05) is 30.2 Å². The van der Waals surface area contributed by atoms with Crippen LogP contribution in [0.1, 0.15) is 25.5 Å². The van der Waals surface area contributed by atoms with E-state index in [9.17, 15) is 19.2 Å². The zero-order valence-electron chi connectivity index (χ0n) is 15.8. The minimum absolute atomic E-state index is 0.0284. The highest BCUT2D eigenvalue weighted by Gasteiger charge is 2.29. The number of piperidine rings is 1. The second-order valence-electron chi connectivity index (χ2n) is 6.61. The first-order chi connectivity index (χ1) is 13.9. The normalized spacial score (nSPS) is 15.9. The van der Waals surface area contributed by atoms with Crippen molar-refractivity contribution in [3.63, 3.8) is 0 Å². The number of thiazole rings is 1. The van der Waals surface area contributed by atoms with Crippen molar-refractivity contribution in [3.8, 4) is 0 Å². The van der Waals surface area contributed by atoms with Gasteiger partial charge in [-0.05, 0) is 31.0 Å². The molecule has 4 amide bonds. The predicted molar refractivity (Wildman–Crippen MR) is 110 cm³/mol. The summed E-state index contributed by atoms with van der Waals surface area (Å²) in [5.74, 6) is -1.85. The van der Waals surface area contributed by atoms with E-state index in [0.29, 0.717) is 35.2 Å². The van der Waals surface area contributed by atoms with Gasteiger partial charge in [-0.1, -0.05) is 6.07 Å². The van der Waals surface area contributed by atoms with Crippen molar-refractivity contribution < 1.29 is 19.2 Å². The van der Waals surface area contributed by atoms with Crippen LogP contribution in [0, 0.1) is 5.92 Å². The van der Waals surface area contributed by atoms with Gasteiger partial charge in [-0.15, -0.1) is 11.3 Å². The van der Waals surface area contributed by atoms with E-state index in [1.54, 1.807) is 29.6 Å². The third kappa shape index (κ3) is 5.85. The van der Waals surface area contributed by atoms with E-state index in [0.717, 1.165) is 6.42 Å². The van der Waals surface area contributed by atoms with E-state index in [1.807, 2.05) is 0 Å². The molecule has 2 aromatic rings. The summed E-state index contributed by atoms with van der Waals surface area (Å²) in [7, 11) is 0. The number of benzene rings is 1. The highest BCUT2D eigenvalue weighted by molar-refractivity contribution is 7.14. The largest absolute Gasteiger partial charge is 0.355 e. The molecule has 1 aliphatic heterocycles. The van der Waals surface area contributed by atoms with E-state index in [2.05, 4.69) is 26.3 Å². The van der Waals surface area contributed by atoms with Crippen LogP contribution in [0.15, 0.2) is 29.6 Å². The van der Waals surface area contributed by atoms with Gasteiger partial charge in [0.15, 0.2) is 5.13 Å². The first kappa shape index (κ1) is 20.5. The summed E-state index contributed by atoms with van der Waals surface area (Å²) in [6.45, 7) is 2.00. The lowest BCUT2D eigenvalue weighted by molar-refractivity contribution is -0.134. The van der Waals surface area contributed by atoms with Gasteiger partial charge in [0.05, 0.1) is 12.1 Å². The van der Waals surface area contributed by atoms with Crippen molar-refractivity contribution in [2.45, 2.75) is 26.2 Å². The first-order valence-corrected chi connectivity index (χ1v) is 9.99. The summed E-state index contributed by atoms with van der Waals surface area (Å²) in [5.41, 5.74) is 1.64. The lowest BCUT2D eigenvalue weighted by Crippen LogP contribution is -2.42. The molecule has 1 fully saturated rings. The molecule has 0 saturated carbocycles. The highest BCUT2D eigenvalue weighted by Crippen LogP contribution is 2.20. The predicted octanol–water partition coefficient (Wildman–Crippen LogP) is 1.75. The van der Waals surface area contributed by atoms with Crippen molar-refractivity contribution in [1.29, 1.82) is 0 Å². The zero-order valence-corrected chi connectivity index (χ0v) is 16.6. The van der Waals surface area contributed by atoms with Crippen LogP contribution in [0.2, 0.25) is 0 Å². The maximum absolute atomic E-state index is 12.3. The summed E-state index contributed by atoms with van der Waals surface area (Å²) in [4.78, 5) is 51.6. The molecular formula is C19H21N5O4S. The number of nitrogens with zero attached hydrogens (tertiary/aromatic N) is 1. The average molecular weight is 415 g/mol. The number of carbonyl (C=O) groups is 4. The second-order valence-corrected chi connectivity index (χ2v) is 7.46. The van der Waals surface area contributed by atoms with Gasteiger partial charge in [-0.3, -0.25) is 19.2 Å². The van der Waals surface area contributed by atoms with Crippen LogP contribution in [0.5, 0.6) is 0 Å². The molecule has 1 saturated heterocycles. The van der Waals surface area contributed by atoms with Crippen LogP contribution in [0.25, 0.3) is 0 Å². The minimum atomic E-state index is -0.713. The van der Waals surface area contributed by atoms with Gasteiger partial charge in [0.1, 0.15) is 5.92 Å². The average Bonchev–Trinajstić information content (AvgIpc) is 3.08. The van der Waals surface area contributed by atoms with E-state index < -0.39 is 5.92 Å². The van der Waals surface area contributed by atoms with Crippen LogP contribution in [0.4, 0.5) is 16.5 Å². The van der Waals surface area contributed by atoms with Gasteiger partial charge >= 0.3 is 0 Å². The summed E-state index contributed by atoms with van der Waals surface area (Å²) < 4.78 is 0. The minimum Gasteiger partial charge on any atom is -0.355 e. The molecule has 0 spiro atoms. The quantitative estimate of drug-likeness (QED) is 0.534. The molecule has 9 nitrogen and oxygen atoms in total. The number of aromatic nitrogens is 1. The maximum Gasteiger partial charge on any atom is 0.238 e. The number of nitrogens with one attached hydrogen (secondary N) is 4. The molecule has 2 heterocycles. The molecule has 0 aliphatic carbocycles. The molecule has 0 bridgehead atoms. The summed E-state index contributed by atoms with van der Waals surface area (Å²) in [5, 5.41) is 12.8. The second kappa shape index (κ2) is 9.28. The molecule has 10 heteroatoms. The highest BCUT2D eigenvalue weighted by atomic mass is 32.1. The topological polar surface area (TPSA) is 129 Å². The van der Waals surface area contributed by atoms with Crippen LogP contribution in [-0.4, -0.2) is 35.2 Å². The van der Waals surface area contributed by atoms with Gasteiger partial charge < -0.3 is 21.3 Å².